The van der Waals surface area contributed by atoms with Crippen LogP contribution in [0, 0.1) is 0 Å². The normalized spacial score (nSPS) is 11.4. The van der Waals surface area contributed by atoms with Crippen LogP contribution >= 0.6 is 22.7 Å². The molecule has 0 amide bonds. The second-order valence-corrected chi connectivity index (χ2v) is 11.5. The van der Waals surface area contributed by atoms with Gasteiger partial charge in [0.2, 0.25) is 0 Å². The van der Waals surface area contributed by atoms with E-state index in [2.05, 4.69) is 106 Å². The quantitative estimate of drug-likeness (QED) is 0.209. The van der Waals surface area contributed by atoms with E-state index >= 15 is 0 Å². The van der Waals surface area contributed by atoms with Gasteiger partial charge in [-0.25, -0.2) is 9.97 Å². The number of hydrogen-bond acceptors (Lipinski definition) is 6. The van der Waals surface area contributed by atoms with Gasteiger partial charge in [-0.1, -0.05) is 54.6 Å². The highest BCUT2D eigenvalue weighted by molar-refractivity contribution is 7.13. The Morgan fingerprint density at radius 2 is 1.00 bits per heavy atom. The van der Waals surface area contributed by atoms with Crippen molar-refractivity contribution in [3.63, 3.8) is 0 Å². The van der Waals surface area contributed by atoms with Crippen molar-refractivity contribution in [2.45, 2.75) is 0 Å². The minimum absolute atomic E-state index is 0.936. The SMILES string of the molecule is c1ccc(-n2c3cc(-c4cccc(-c5cncs5)n4)ccc3c3ccc(-c4cccc(-c5cncs5)n4)cc32)cc1. The fourth-order valence-corrected chi connectivity index (χ4v) is 6.53. The Hall–Kier alpha value is -4.98. The summed E-state index contributed by atoms with van der Waals surface area (Å²) in [6.45, 7) is 0. The zero-order valence-corrected chi connectivity index (χ0v) is 23.3. The van der Waals surface area contributed by atoms with Crippen molar-refractivity contribution >= 4 is 44.5 Å². The molecular weight excluding hydrogens is 543 g/mol. The summed E-state index contributed by atoms with van der Waals surface area (Å²) in [6.07, 6.45) is 3.74. The summed E-state index contributed by atoms with van der Waals surface area (Å²) in [5.74, 6) is 0. The molecule has 5 heterocycles. The largest absolute Gasteiger partial charge is 0.309 e. The van der Waals surface area contributed by atoms with E-state index < -0.39 is 0 Å². The number of fused-ring (bicyclic) bond motifs is 3. The van der Waals surface area contributed by atoms with Gasteiger partial charge >= 0.3 is 0 Å². The van der Waals surface area contributed by atoms with Crippen LogP contribution in [0.3, 0.4) is 0 Å². The van der Waals surface area contributed by atoms with Crippen molar-refractivity contribution in [3.8, 4) is 49.3 Å². The zero-order valence-electron chi connectivity index (χ0n) is 21.7. The van der Waals surface area contributed by atoms with Crippen molar-refractivity contribution in [1.82, 2.24) is 24.5 Å². The van der Waals surface area contributed by atoms with Gasteiger partial charge in [-0.2, -0.15) is 0 Å². The van der Waals surface area contributed by atoms with E-state index in [1.807, 2.05) is 35.5 Å². The molecule has 0 N–H and O–H groups in total. The van der Waals surface area contributed by atoms with Crippen LogP contribution in [0.15, 0.2) is 127 Å². The van der Waals surface area contributed by atoms with Crippen molar-refractivity contribution in [2.24, 2.45) is 0 Å². The van der Waals surface area contributed by atoms with Crippen LogP contribution < -0.4 is 0 Å². The van der Waals surface area contributed by atoms with Gasteiger partial charge in [-0.3, -0.25) is 9.97 Å². The van der Waals surface area contributed by atoms with Gasteiger partial charge in [0, 0.05) is 40.0 Å². The summed E-state index contributed by atoms with van der Waals surface area (Å²) in [7, 11) is 0. The van der Waals surface area contributed by atoms with Gasteiger partial charge in [0.1, 0.15) is 0 Å². The van der Waals surface area contributed by atoms with Crippen LogP contribution in [0.4, 0.5) is 0 Å². The Balaban J connectivity index is 1.32. The lowest BCUT2D eigenvalue weighted by Gasteiger charge is -2.10. The van der Waals surface area contributed by atoms with Crippen molar-refractivity contribution in [3.05, 3.63) is 127 Å². The summed E-state index contributed by atoms with van der Waals surface area (Å²) in [6, 6.07) is 36.2. The molecule has 0 bridgehead atoms. The molecule has 41 heavy (non-hydrogen) atoms. The molecule has 0 saturated heterocycles. The number of benzene rings is 3. The standard InChI is InChI=1S/C34H21N5S2/c1-2-6-24(7-3-1)39-31-16-22(27-8-4-10-29(37-27)33-18-35-20-40-33)12-14-25(31)26-15-13-23(17-32(26)39)28-9-5-11-30(38-28)34-19-36-21-41-34/h1-21H. The number of nitrogens with zero attached hydrogens (tertiary/aromatic N) is 5. The number of thiazole rings is 2. The smallest absolute Gasteiger partial charge is 0.0825 e. The molecule has 7 heteroatoms. The third-order valence-electron chi connectivity index (χ3n) is 7.24. The van der Waals surface area contributed by atoms with Gasteiger partial charge < -0.3 is 4.57 Å². The van der Waals surface area contributed by atoms with Crippen LogP contribution in [0.1, 0.15) is 0 Å². The molecular formula is C34H21N5S2. The van der Waals surface area contributed by atoms with Gasteiger partial charge in [0.25, 0.3) is 0 Å². The zero-order chi connectivity index (χ0) is 27.2. The van der Waals surface area contributed by atoms with Crippen LogP contribution in [-0.4, -0.2) is 24.5 Å². The molecule has 0 fully saturated rings. The summed E-state index contributed by atoms with van der Waals surface area (Å²) >= 11 is 3.20. The number of para-hydroxylation sites is 1. The lowest BCUT2D eigenvalue weighted by molar-refractivity contribution is 1.18. The molecule has 0 aliphatic rings. The Morgan fingerprint density at radius 1 is 0.488 bits per heavy atom. The Labute approximate surface area is 244 Å². The van der Waals surface area contributed by atoms with E-state index in [1.165, 1.54) is 10.8 Å². The first kappa shape index (κ1) is 23.9. The highest BCUT2D eigenvalue weighted by Gasteiger charge is 2.16. The average Bonchev–Trinajstić information content (AvgIpc) is 3.82. The van der Waals surface area contributed by atoms with Crippen molar-refractivity contribution in [2.75, 3.05) is 0 Å². The fourth-order valence-electron chi connectivity index (χ4n) is 5.34. The van der Waals surface area contributed by atoms with E-state index in [9.17, 15) is 0 Å². The molecule has 0 saturated carbocycles. The third-order valence-corrected chi connectivity index (χ3v) is 8.83. The predicted octanol–water partition coefficient (Wildman–Crippen LogP) is 9.15. The maximum absolute atomic E-state index is 4.98. The molecule has 0 radical (unpaired) electrons. The molecule has 5 aromatic heterocycles. The first-order chi connectivity index (χ1) is 20.3. The highest BCUT2D eigenvalue weighted by atomic mass is 32.1. The van der Waals surface area contributed by atoms with E-state index in [4.69, 9.17) is 9.97 Å². The number of rotatable bonds is 5. The van der Waals surface area contributed by atoms with Crippen molar-refractivity contribution < 1.29 is 0 Å². The molecule has 0 unspecified atom stereocenters. The minimum Gasteiger partial charge on any atom is -0.309 e. The molecule has 194 valence electrons. The first-order valence-electron chi connectivity index (χ1n) is 13.2. The Morgan fingerprint density at radius 3 is 1.49 bits per heavy atom. The van der Waals surface area contributed by atoms with Crippen LogP contribution in [0.5, 0.6) is 0 Å². The van der Waals surface area contributed by atoms with Gasteiger partial charge in [0.05, 0.1) is 54.6 Å². The molecule has 0 aliphatic heterocycles. The molecule has 0 spiro atoms. The molecule has 8 rings (SSSR count). The lowest BCUT2D eigenvalue weighted by Crippen LogP contribution is -1.94. The summed E-state index contributed by atoms with van der Waals surface area (Å²) < 4.78 is 2.34. The second-order valence-electron chi connectivity index (χ2n) is 9.68. The maximum Gasteiger partial charge on any atom is 0.0825 e. The van der Waals surface area contributed by atoms with Crippen LogP contribution in [0.25, 0.3) is 71.2 Å². The number of pyridine rings is 2. The number of aromatic nitrogens is 5. The average molecular weight is 564 g/mol. The summed E-state index contributed by atoms with van der Waals surface area (Å²) in [5, 5.41) is 2.40. The van der Waals surface area contributed by atoms with Crippen LogP contribution in [0.2, 0.25) is 0 Å². The summed E-state index contributed by atoms with van der Waals surface area (Å²) in [5.41, 5.74) is 13.0. The van der Waals surface area contributed by atoms with Gasteiger partial charge in [0.15, 0.2) is 0 Å². The van der Waals surface area contributed by atoms with Gasteiger partial charge in [-0.15, -0.1) is 22.7 Å². The molecule has 5 nitrogen and oxygen atoms in total. The number of hydrogen-bond donors (Lipinski definition) is 0. The lowest BCUT2D eigenvalue weighted by atomic mass is 10.0. The Kier molecular flexibility index (Phi) is 5.76. The molecule has 0 aliphatic carbocycles. The molecule has 3 aromatic carbocycles. The minimum atomic E-state index is 0.936. The predicted molar refractivity (Wildman–Crippen MR) is 169 cm³/mol. The van der Waals surface area contributed by atoms with Gasteiger partial charge in [-0.05, 0) is 48.5 Å². The monoisotopic (exact) mass is 563 g/mol. The highest BCUT2D eigenvalue weighted by Crippen LogP contribution is 2.37. The first-order valence-corrected chi connectivity index (χ1v) is 14.9. The topological polar surface area (TPSA) is 56.5 Å². The van der Waals surface area contributed by atoms with E-state index in [1.54, 1.807) is 22.7 Å². The summed E-state index contributed by atoms with van der Waals surface area (Å²) in [4.78, 5) is 20.5. The molecule has 8 aromatic rings. The van der Waals surface area contributed by atoms with E-state index in [-0.39, 0.29) is 0 Å². The fraction of sp³-hybridized carbons (Fsp3) is 0. The van der Waals surface area contributed by atoms with Crippen LogP contribution in [-0.2, 0) is 0 Å². The van der Waals surface area contributed by atoms with Crippen molar-refractivity contribution in [1.29, 1.82) is 0 Å². The maximum atomic E-state index is 4.98. The van der Waals surface area contributed by atoms with E-state index in [0.717, 1.165) is 60.4 Å². The second kappa shape index (κ2) is 9.89. The molecule has 0 atom stereocenters. The third kappa shape index (κ3) is 4.23. The Bertz CT molecular complexity index is 2010. The van der Waals surface area contributed by atoms with E-state index in [0.29, 0.717) is 0 Å².